The molecule has 0 spiro atoms. The number of sulfonamides is 1. The number of H-pyrrole nitrogens is 1. The quantitative estimate of drug-likeness (QED) is 0.382. The van der Waals surface area contributed by atoms with E-state index >= 15 is 0 Å². The first kappa shape index (κ1) is 25.4. The molecule has 0 aliphatic carbocycles. The van der Waals surface area contributed by atoms with Gasteiger partial charge < -0.3 is 4.98 Å². The zero-order chi connectivity index (χ0) is 24.3. The van der Waals surface area contributed by atoms with Crippen LogP contribution >= 0.6 is 12.4 Å². The zero-order valence-electron chi connectivity index (χ0n) is 19.4. The van der Waals surface area contributed by atoms with Gasteiger partial charge in [0, 0.05) is 18.8 Å². The molecule has 182 valence electrons. The number of halogens is 1. The van der Waals surface area contributed by atoms with E-state index in [0.717, 1.165) is 28.0 Å². The first-order valence-corrected chi connectivity index (χ1v) is 12.8. The molecule has 1 aromatic heterocycles. The molecule has 0 radical (unpaired) electrons. The Balaban J connectivity index is 0.00000304. The summed E-state index contributed by atoms with van der Waals surface area (Å²) < 4.78 is 29.5. The van der Waals surface area contributed by atoms with Crippen molar-refractivity contribution in [3.8, 4) is 6.07 Å². The lowest BCUT2D eigenvalue weighted by molar-refractivity contribution is 0.318. The summed E-state index contributed by atoms with van der Waals surface area (Å²) in [6.45, 7) is 0.178. The molecule has 1 aliphatic heterocycles. The Morgan fingerprint density at radius 3 is 2.44 bits per heavy atom. The van der Waals surface area contributed by atoms with Crippen LogP contribution in [0.15, 0.2) is 96.3 Å². The van der Waals surface area contributed by atoms with E-state index in [2.05, 4.69) is 16.0 Å². The van der Waals surface area contributed by atoms with Crippen LogP contribution in [-0.2, 0) is 23.0 Å². The van der Waals surface area contributed by atoms with Crippen LogP contribution in [0.4, 0.5) is 0 Å². The lowest BCUT2D eigenvalue weighted by Crippen LogP contribution is -2.40. The topological polar surface area (TPSA) is 89.9 Å². The van der Waals surface area contributed by atoms with Crippen LogP contribution in [-0.4, -0.2) is 28.7 Å². The van der Waals surface area contributed by atoms with Gasteiger partial charge in [0.1, 0.15) is 0 Å². The maximum Gasteiger partial charge on any atom is 0.243 e. The molecule has 1 N–H and O–H groups in total. The van der Waals surface area contributed by atoms with E-state index in [0.29, 0.717) is 18.4 Å². The number of fused-ring (bicyclic) bond motifs is 1. The predicted molar refractivity (Wildman–Crippen MR) is 143 cm³/mol. The Morgan fingerprint density at radius 2 is 1.78 bits per heavy atom. The molecular weight excluding hydrogens is 492 g/mol. The molecule has 0 bridgehead atoms. The van der Waals surface area contributed by atoms with Gasteiger partial charge in [0.2, 0.25) is 10.0 Å². The van der Waals surface area contributed by atoms with E-state index in [1.807, 2.05) is 54.7 Å². The van der Waals surface area contributed by atoms with Crippen molar-refractivity contribution in [3.63, 3.8) is 0 Å². The molecule has 0 fully saturated rings. The van der Waals surface area contributed by atoms with Crippen LogP contribution in [0.1, 0.15) is 34.4 Å². The highest BCUT2D eigenvalue weighted by molar-refractivity contribution is 7.89. The number of benzene rings is 3. The highest BCUT2D eigenvalue weighted by atomic mass is 35.5. The number of hydrogen-bond acceptors (Lipinski definition) is 4. The molecule has 0 saturated heterocycles. The van der Waals surface area contributed by atoms with Gasteiger partial charge in [-0.15, -0.1) is 12.4 Å². The number of hydrogen-bond donors (Lipinski definition) is 1. The van der Waals surface area contributed by atoms with Gasteiger partial charge >= 0.3 is 0 Å². The van der Waals surface area contributed by atoms with Gasteiger partial charge in [0.25, 0.3) is 0 Å². The fourth-order valence-corrected chi connectivity index (χ4v) is 6.23. The summed E-state index contributed by atoms with van der Waals surface area (Å²) in [7, 11) is -3.80. The fourth-order valence-electron chi connectivity index (χ4n) is 4.61. The maximum atomic E-state index is 14.0. The van der Waals surface area contributed by atoms with Gasteiger partial charge in [0.05, 0.1) is 28.5 Å². The second-order valence-corrected chi connectivity index (χ2v) is 10.4. The summed E-state index contributed by atoms with van der Waals surface area (Å²) in [5, 5.41) is 9.52. The molecule has 8 heteroatoms. The summed E-state index contributed by atoms with van der Waals surface area (Å²) in [5.74, 6) is 0. The average molecular weight is 517 g/mol. The normalized spacial score (nSPS) is 17.0. The molecule has 6 nitrogen and oxygen atoms in total. The van der Waals surface area contributed by atoms with Crippen LogP contribution < -0.4 is 0 Å². The molecule has 36 heavy (non-hydrogen) atoms. The molecule has 5 rings (SSSR count). The number of nitrogens with zero attached hydrogens (tertiary/aromatic N) is 3. The van der Waals surface area contributed by atoms with Gasteiger partial charge in [-0.3, -0.25) is 0 Å². The summed E-state index contributed by atoms with van der Waals surface area (Å²) in [5.41, 5.74) is 5.07. The van der Waals surface area contributed by atoms with Crippen LogP contribution in [0.2, 0.25) is 0 Å². The van der Waals surface area contributed by atoms with E-state index in [1.165, 1.54) is 0 Å². The Morgan fingerprint density at radius 1 is 1.06 bits per heavy atom. The molecule has 3 aromatic carbocycles. The first-order valence-electron chi connectivity index (χ1n) is 11.4. The number of nitrogens with one attached hydrogen (secondary N) is 1. The van der Waals surface area contributed by atoms with Crippen LogP contribution in [0.3, 0.4) is 0 Å². The van der Waals surface area contributed by atoms with E-state index in [4.69, 9.17) is 0 Å². The summed E-state index contributed by atoms with van der Waals surface area (Å²) >= 11 is 0. The highest BCUT2D eigenvalue weighted by Gasteiger charge is 2.35. The lowest BCUT2D eigenvalue weighted by atomic mass is 9.93. The molecule has 1 atom stereocenters. The Labute approximate surface area is 217 Å². The van der Waals surface area contributed by atoms with Crippen molar-refractivity contribution in [2.75, 3.05) is 0 Å². The number of imidazole rings is 1. The second-order valence-electron chi connectivity index (χ2n) is 8.56. The van der Waals surface area contributed by atoms with E-state index in [1.54, 1.807) is 47.0 Å². The summed E-state index contributed by atoms with van der Waals surface area (Å²) in [4.78, 5) is 7.59. The number of aromatic amines is 1. The zero-order valence-corrected chi connectivity index (χ0v) is 21.0. The smallest absolute Gasteiger partial charge is 0.243 e. The van der Waals surface area contributed by atoms with Crippen molar-refractivity contribution in [3.05, 3.63) is 119 Å². The van der Waals surface area contributed by atoms with Crippen LogP contribution in [0.25, 0.3) is 11.6 Å². The van der Waals surface area contributed by atoms with E-state index in [-0.39, 0.29) is 29.9 Å². The fraction of sp³-hybridized carbons (Fsp3) is 0.143. The Bertz CT molecular complexity index is 1500. The minimum atomic E-state index is -3.80. The third-order valence-corrected chi connectivity index (χ3v) is 8.19. The third-order valence-electron chi connectivity index (χ3n) is 6.27. The minimum absolute atomic E-state index is 0. The molecule has 1 aliphatic rings. The van der Waals surface area contributed by atoms with E-state index < -0.39 is 10.0 Å². The minimum Gasteiger partial charge on any atom is -0.351 e. The standard InChI is InChI=1S/C28H24N4O2S.ClH/c29-17-22-11-12-28-23(15-25-18-30-20-31-25)16-26(14-21-7-3-1-4-8-21)32(19-24(28)13-22)35(33,34)27-9-5-2-6-10-27;/h1-13,15,18,20,26H,14,16,19H2,(H,30,31);1H/b23-15+;/t26-;/m1./s1. The van der Waals surface area contributed by atoms with Crippen LogP contribution in [0.5, 0.6) is 0 Å². The average Bonchev–Trinajstić information content (AvgIpc) is 3.35. The monoisotopic (exact) mass is 516 g/mol. The number of rotatable bonds is 5. The molecular formula is C28H25ClN4O2S. The van der Waals surface area contributed by atoms with Crippen molar-refractivity contribution in [1.82, 2.24) is 14.3 Å². The highest BCUT2D eigenvalue weighted by Crippen LogP contribution is 2.36. The SMILES string of the molecule is Cl.N#Cc1ccc2c(c1)CN(S(=O)(=O)c1ccccc1)[C@H](Cc1ccccc1)C/C2=C\c1c[nH]cn1. The lowest BCUT2D eigenvalue weighted by Gasteiger charge is -2.29. The van der Waals surface area contributed by atoms with Crippen LogP contribution in [0, 0.1) is 11.3 Å². The van der Waals surface area contributed by atoms with Gasteiger partial charge in [-0.05, 0) is 65.4 Å². The predicted octanol–water partition coefficient (Wildman–Crippen LogP) is 5.45. The van der Waals surface area contributed by atoms with Crippen molar-refractivity contribution in [1.29, 1.82) is 5.26 Å². The Kier molecular flexibility index (Phi) is 7.70. The molecule has 4 aromatic rings. The van der Waals surface area contributed by atoms with Crippen molar-refractivity contribution < 1.29 is 8.42 Å². The largest absolute Gasteiger partial charge is 0.351 e. The van der Waals surface area contributed by atoms with Gasteiger partial charge in [0.15, 0.2) is 0 Å². The molecule has 0 unspecified atom stereocenters. The van der Waals surface area contributed by atoms with Crippen molar-refractivity contribution in [2.45, 2.75) is 30.3 Å². The summed E-state index contributed by atoms with van der Waals surface area (Å²) in [6, 6.07) is 25.9. The molecule has 2 heterocycles. The van der Waals surface area contributed by atoms with Gasteiger partial charge in [-0.25, -0.2) is 13.4 Å². The first-order chi connectivity index (χ1) is 17.0. The number of aromatic nitrogens is 2. The van der Waals surface area contributed by atoms with E-state index in [9.17, 15) is 13.7 Å². The number of nitriles is 1. The molecule has 0 amide bonds. The van der Waals surface area contributed by atoms with Gasteiger partial charge in [-0.1, -0.05) is 54.6 Å². The third kappa shape index (κ3) is 5.26. The summed E-state index contributed by atoms with van der Waals surface area (Å²) in [6.07, 6.45) is 6.50. The molecule has 0 saturated carbocycles. The maximum absolute atomic E-state index is 14.0. The van der Waals surface area contributed by atoms with Crippen molar-refractivity contribution in [2.24, 2.45) is 0 Å². The Hall–Kier alpha value is -3.70. The second kappa shape index (κ2) is 10.9. The van der Waals surface area contributed by atoms with Crippen molar-refractivity contribution >= 4 is 34.1 Å². The van der Waals surface area contributed by atoms with Gasteiger partial charge in [-0.2, -0.15) is 9.57 Å².